The van der Waals surface area contributed by atoms with Crippen LogP contribution in [-0.4, -0.2) is 23.6 Å². The summed E-state index contributed by atoms with van der Waals surface area (Å²) in [4.78, 5) is 0.606. The topological polar surface area (TPSA) is 29.1 Å². The number of rotatable bonds is 4. The van der Waals surface area contributed by atoms with E-state index in [1.807, 2.05) is 7.05 Å². The Morgan fingerprint density at radius 1 is 1.43 bits per heavy atom. The molecule has 5 heteroatoms. The highest BCUT2D eigenvalue weighted by atomic mass is 35.5. The highest BCUT2D eigenvalue weighted by molar-refractivity contribution is 7.85. The third-order valence-electron chi connectivity index (χ3n) is 1.68. The first-order valence-electron chi connectivity index (χ1n) is 4.13. The highest BCUT2D eigenvalue weighted by Crippen LogP contribution is 2.23. The van der Waals surface area contributed by atoms with Gasteiger partial charge in [-0.2, -0.15) is 0 Å². The molecule has 1 rings (SSSR count). The van der Waals surface area contributed by atoms with Crippen molar-refractivity contribution in [3.63, 3.8) is 0 Å². The zero-order chi connectivity index (χ0) is 10.6. The summed E-state index contributed by atoms with van der Waals surface area (Å²) in [6, 6.07) is 4.99. The zero-order valence-corrected chi connectivity index (χ0v) is 10.0. The van der Waals surface area contributed by atoms with Crippen LogP contribution in [0, 0.1) is 0 Å². The van der Waals surface area contributed by atoms with Gasteiger partial charge in [0.05, 0.1) is 20.7 Å². The molecule has 0 saturated heterocycles. The van der Waals surface area contributed by atoms with Crippen molar-refractivity contribution in [3.8, 4) is 0 Å². The Kier molecular flexibility index (Phi) is 4.89. The van der Waals surface area contributed by atoms with Crippen LogP contribution in [0.2, 0.25) is 10.0 Å². The predicted octanol–water partition coefficient (Wildman–Crippen LogP) is 2.32. The molecule has 78 valence electrons. The Balaban J connectivity index is 2.83. The maximum atomic E-state index is 11.7. The monoisotopic (exact) mass is 251 g/mol. The number of nitrogens with one attached hydrogen (secondary N) is 1. The van der Waals surface area contributed by atoms with Crippen LogP contribution in [0.3, 0.4) is 0 Å². The molecule has 0 aromatic heterocycles. The van der Waals surface area contributed by atoms with E-state index in [-0.39, 0.29) is 0 Å². The molecule has 14 heavy (non-hydrogen) atoms. The minimum absolute atomic E-state index is 0.504. The van der Waals surface area contributed by atoms with E-state index in [0.717, 1.165) is 0 Å². The van der Waals surface area contributed by atoms with Gasteiger partial charge in [0.15, 0.2) is 0 Å². The van der Waals surface area contributed by atoms with Gasteiger partial charge in [0, 0.05) is 17.3 Å². The zero-order valence-electron chi connectivity index (χ0n) is 7.72. The van der Waals surface area contributed by atoms with Gasteiger partial charge >= 0.3 is 0 Å². The van der Waals surface area contributed by atoms with Crippen LogP contribution >= 0.6 is 23.2 Å². The van der Waals surface area contributed by atoms with Crippen molar-refractivity contribution in [1.82, 2.24) is 5.32 Å². The summed E-state index contributed by atoms with van der Waals surface area (Å²) in [6.07, 6.45) is 0. The van der Waals surface area contributed by atoms with Gasteiger partial charge in [-0.3, -0.25) is 4.21 Å². The van der Waals surface area contributed by atoms with Crippen LogP contribution in [0.1, 0.15) is 0 Å². The van der Waals surface area contributed by atoms with Crippen LogP contribution in [0.25, 0.3) is 0 Å². The summed E-state index contributed by atoms with van der Waals surface area (Å²) in [5.74, 6) is 0.538. The van der Waals surface area contributed by atoms with Crippen LogP contribution in [0.5, 0.6) is 0 Å². The second-order valence-electron chi connectivity index (χ2n) is 2.73. The molecule has 1 aromatic carbocycles. The van der Waals surface area contributed by atoms with E-state index >= 15 is 0 Å². The van der Waals surface area contributed by atoms with Crippen molar-refractivity contribution in [1.29, 1.82) is 0 Å². The number of hydrogen-bond donors (Lipinski definition) is 1. The Morgan fingerprint density at radius 3 is 2.79 bits per heavy atom. The highest BCUT2D eigenvalue weighted by Gasteiger charge is 2.08. The molecule has 1 aromatic rings. The first-order chi connectivity index (χ1) is 6.65. The van der Waals surface area contributed by atoms with E-state index in [9.17, 15) is 4.21 Å². The van der Waals surface area contributed by atoms with E-state index in [4.69, 9.17) is 23.2 Å². The summed E-state index contributed by atoms with van der Waals surface area (Å²) in [5, 5.41) is 3.99. The molecule has 0 amide bonds. The molecule has 0 bridgehead atoms. The molecular formula is C9H11Cl2NOS. The van der Waals surface area contributed by atoms with Crippen molar-refractivity contribution >= 4 is 34.0 Å². The van der Waals surface area contributed by atoms with Gasteiger partial charge in [-0.05, 0) is 25.2 Å². The lowest BCUT2D eigenvalue weighted by atomic mass is 10.4. The molecule has 1 atom stereocenters. The summed E-state index contributed by atoms with van der Waals surface area (Å²) >= 11 is 11.7. The molecule has 0 fully saturated rings. The molecule has 1 unspecified atom stereocenters. The van der Waals surface area contributed by atoms with Gasteiger partial charge < -0.3 is 5.32 Å². The van der Waals surface area contributed by atoms with Crippen molar-refractivity contribution in [2.45, 2.75) is 4.90 Å². The molecule has 0 heterocycles. The van der Waals surface area contributed by atoms with E-state index in [1.54, 1.807) is 18.2 Å². The lowest BCUT2D eigenvalue weighted by molar-refractivity contribution is 0.680. The number of halogens is 2. The summed E-state index contributed by atoms with van der Waals surface area (Å²) in [6.45, 7) is 0.690. The first kappa shape index (κ1) is 12.0. The van der Waals surface area contributed by atoms with Crippen molar-refractivity contribution in [3.05, 3.63) is 28.2 Å². The largest absolute Gasteiger partial charge is 0.319 e. The predicted molar refractivity (Wildman–Crippen MR) is 61.7 cm³/mol. The second kappa shape index (κ2) is 5.71. The smallest absolute Gasteiger partial charge is 0.0589 e. The Labute approximate surface area is 96.1 Å². The van der Waals surface area contributed by atoms with Crippen molar-refractivity contribution in [2.24, 2.45) is 0 Å². The molecule has 0 aliphatic carbocycles. The van der Waals surface area contributed by atoms with E-state index in [0.29, 0.717) is 27.2 Å². The number of benzene rings is 1. The van der Waals surface area contributed by atoms with Gasteiger partial charge in [0.1, 0.15) is 0 Å². The van der Waals surface area contributed by atoms with Gasteiger partial charge in [-0.15, -0.1) is 0 Å². The quantitative estimate of drug-likeness (QED) is 0.891. The standard InChI is InChI=1S/C9H11Cl2NOS/c1-12-4-5-14(13)9-6-7(10)2-3-8(9)11/h2-3,6,12H,4-5H2,1H3. The van der Waals surface area contributed by atoms with Crippen LogP contribution in [-0.2, 0) is 10.8 Å². The maximum Gasteiger partial charge on any atom is 0.0589 e. The minimum Gasteiger partial charge on any atom is -0.319 e. The van der Waals surface area contributed by atoms with Gasteiger partial charge in [0.25, 0.3) is 0 Å². The number of hydrogen-bond acceptors (Lipinski definition) is 2. The minimum atomic E-state index is -1.08. The summed E-state index contributed by atoms with van der Waals surface area (Å²) in [5.41, 5.74) is 0. The van der Waals surface area contributed by atoms with Crippen molar-refractivity contribution in [2.75, 3.05) is 19.3 Å². The third kappa shape index (κ3) is 3.24. The van der Waals surface area contributed by atoms with Crippen LogP contribution in [0.15, 0.2) is 23.1 Å². The molecule has 0 spiro atoms. The molecule has 0 aliphatic rings. The summed E-state index contributed by atoms with van der Waals surface area (Å²) in [7, 11) is 0.732. The molecule has 2 nitrogen and oxygen atoms in total. The second-order valence-corrected chi connectivity index (χ2v) is 5.11. The van der Waals surface area contributed by atoms with Gasteiger partial charge in [0.2, 0.25) is 0 Å². The fourth-order valence-electron chi connectivity index (χ4n) is 0.956. The van der Waals surface area contributed by atoms with E-state index < -0.39 is 10.8 Å². The van der Waals surface area contributed by atoms with Crippen molar-refractivity contribution < 1.29 is 4.21 Å². The van der Waals surface area contributed by atoms with Gasteiger partial charge in [-0.25, -0.2) is 0 Å². The average Bonchev–Trinajstić information content (AvgIpc) is 2.18. The molecule has 0 saturated carbocycles. The lowest BCUT2D eigenvalue weighted by Gasteiger charge is -2.04. The average molecular weight is 252 g/mol. The normalized spacial score (nSPS) is 12.8. The third-order valence-corrected chi connectivity index (χ3v) is 3.76. The van der Waals surface area contributed by atoms with E-state index in [2.05, 4.69) is 5.32 Å². The molecule has 1 N–H and O–H groups in total. The van der Waals surface area contributed by atoms with Crippen LogP contribution < -0.4 is 5.32 Å². The van der Waals surface area contributed by atoms with Crippen LogP contribution in [0.4, 0.5) is 0 Å². The first-order valence-corrected chi connectivity index (χ1v) is 6.20. The fraction of sp³-hybridized carbons (Fsp3) is 0.333. The molecular weight excluding hydrogens is 241 g/mol. The maximum absolute atomic E-state index is 11.7. The Morgan fingerprint density at radius 2 is 2.14 bits per heavy atom. The van der Waals surface area contributed by atoms with Gasteiger partial charge in [-0.1, -0.05) is 23.2 Å². The Hall–Kier alpha value is -0.0900. The van der Waals surface area contributed by atoms with E-state index in [1.165, 1.54) is 0 Å². The molecule has 0 aliphatic heterocycles. The fourth-order valence-corrected chi connectivity index (χ4v) is 2.72. The molecule has 0 radical (unpaired) electrons. The summed E-state index contributed by atoms with van der Waals surface area (Å²) < 4.78 is 11.7. The SMILES string of the molecule is CNCCS(=O)c1cc(Cl)ccc1Cl. The Bertz CT molecular complexity index is 344. The lowest BCUT2D eigenvalue weighted by Crippen LogP contribution is -2.15.